The molecule has 0 saturated heterocycles. The zero-order chi connectivity index (χ0) is 24.4. The van der Waals surface area contributed by atoms with E-state index in [1.165, 1.54) is 55.4 Å². The molecule has 33 heavy (non-hydrogen) atoms. The molecule has 2 N–H and O–H groups in total. The third kappa shape index (κ3) is 5.26. The minimum atomic E-state index is -3.68. The number of nitrogens with one attached hydrogen (secondary N) is 2. The number of sulfonamides is 2. The first kappa shape index (κ1) is 25.3. The first-order valence-electron chi connectivity index (χ1n) is 9.67. The molecule has 0 saturated carbocycles. The van der Waals surface area contributed by atoms with Crippen molar-refractivity contribution in [1.82, 2.24) is 9.44 Å². The van der Waals surface area contributed by atoms with Crippen molar-refractivity contribution in [2.45, 2.75) is 17.7 Å². The molecule has 0 unspecified atom stereocenters. The van der Waals surface area contributed by atoms with Gasteiger partial charge in [-0.25, -0.2) is 26.3 Å². The van der Waals surface area contributed by atoms with E-state index < -0.39 is 26.0 Å². The zero-order valence-electron chi connectivity index (χ0n) is 17.7. The first-order chi connectivity index (χ1) is 15.5. The standard InChI is InChI=1S/C21H21N3O5S4/c1-22-32(26,27)15-9-7-14(8-10-15)24(21(25)17-5-3-4-6-19(17)30)18-12-11-16(13-20(18)31)33(28,29)23-2/h3-5,7-12,22-23H,6,13H2,1-2H3. The Bertz CT molecular complexity index is 1350. The van der Waals surface area contributed by atoms with E-state index in [2.05, 4.69) is 9.44 Å². The number of hydrogen-bond donors (Lipinski definition) is 2. The van der Waals surface area contributed by atoms with Crippen LogP contribution in [0, 0.1) is 0 Å². The maximum Gasteiger partial charge on any atom is 0.264 e. The molecule has 0 aliphatic heterocycles. The van der Waals surface area contributed by atoms with Crippen LogP contribution in [0.15, 0.2) is 75.7 Å². The Kier molecular flexibility index (Phi) is 7.56. The molecule has 0 heterocycles. The first-order valence-corrected chi connectivity index (χ1v) is 13.5. The van der Waals surface area contributed by atoms with Crippen molar-refractivity contribution >= 4 is 65.8 Å². The Labute approximate surface area is 203 Å². The maximum atomic E-state index is 13.6. The van der Waals surface area contributed by atoms with Gasteiger partial charge in [0.15, 0.2) is 0 Å². The molecule has 8 nitrogen and oxygen atoms in total. The average molecular weight is 524 g/mol. The van der Waals surface area contributed by atoms with Gasteiger partial charge in [-0.05, 0) is 56.6 Å². The molecule has 2 aliphatic carbocycles. The van der Waals surface area contributed by atoms with Crippen LogP contribution < -0.4 is 14.3 Å². The van der Waals surface area contributed by atoms with Gasteiger partial charge in [0.05, 0.1) is 21.1 Å². The van der Waals surface area contributed by atoms with Gasteiger partial charge in [-0.2, -0.15) is 0 Å². The largest absolute Gasteiger partial charge is 0.276 e. The van der Waals surface area contributed by atoms with Crippen LogP contribution in [0.1, 0.15) is 12.8 Å². The number of amides is 1. The van der Waals surface area contributed by atoms with Gasteiger partial charge < -0.3 is 0 Å². The van der Waals surface area contributed by atoms with E-state index in [0.717, 1.165) is 0 Å². The summed E-state index contributed by atoms with van der Waals surface area (Å²) in [7, 11) is -4.74. The van der Waals surface area contributed by atoms with E-state index in [9.17, 15) is 21.6 Å². The van der Waals surface area contributed by atoms with Crippen LogP contribution in [0.5, 0.6) is 0 Å². The number of nitrogens with zero attached hydrogens (tertiary/aromatic N) is 1. The van der Waals surface area contributed by atoms with Crippen LogP contribution in [0.3, 0.4) is 0 Å². The smallest absolute Gasteiger partial charge is 0.264 e. The normalized spacial score (nSPS) is 16.7. The lowest BCUT2D eigenvalue weighted by molar-refractivity contribution is -0.114. The third-order valence-electron chi connectivity index (χ3n) is 5.01. The fraction of sp³-hybridized carbons (Fsp3) is 0.190. The Morgan fingerprint density at radius 3 is 2.09 bits per heavy atom. The second kappa shape index (κ2) is 9.87. The lowest BCUT2D eigenvalue weighted by Crippen LogP contribution is -2.37. The monoisotopic (exact) mass is 523 g/mol. The average Bonchev–Trinajstić information content (AvgIpc) is 2.80. The SMILES string of the molecule is CNS(=O)(=O)C1=CC=C(N(C(=O)C2=CC=CCC2=S)c2ccc(S(=O)(=O)NC)cc2)C(=S)C1. The molecule has 1 aromatic rings. The Hall–Kier alpha value is -2.35. The molecule has 0 fully saturated rings. The molecular formula is C21H21N3O5S4. The summed E-state index contributed by atoms with van der Waals surface area (Å²) >= 11 is 10.8. The van der Waals surface area contributed by atoms with Crippen LogP contribution in [-0.4, -0.2) is 46.6 Å². The topological polar surface area (TPSA) is 113 Å². The second-order valence-electron chi connectivity index (χ2n) is 6.97. The Morgan fingerprint density at radius 2 is 1.55 bits per heavy atom. The lowest BCUT2D eigenvalue weighted by atomic mass is 10.0. The van der Waals surface area contributed by atoms with E-state index in [1.807, 2.05) is 6.08 Å². The highest BCUT2D eigenvalue weighted by Crippen LogP contribution is 2.30. The summed E-state index contributed by atoms with van der Waals surface area (Å²) in [6, 6.07) is 5.71. The van der Waals surface area contributed by atoms with Crippen LogP contribution in [0.25, 0.3) is 0 Å². The Balaban J connectivity index is 2.14. The van der Waals surface area contributed by atoms with Crippen LogP contribution in [0.2, 0.25) is 0 Å². The number of rotatable bonds is 7. The summed E-state index contributed by atoms with van der Waals surface area (Å²) in [5, 5.41) is 0. The van der Waals surface area contributed by atoms with Gasteiger partial charge in [-0.15, -0.1) is 0 Å². The van der Waals surface area contributed by atoms with Crippen molar-refractivity contribution < 1.29 is 21.6 Å². The highest BCUT2D eigenvalue weighted by atomic mass is 32.2. The molecule has 1 aromatic carbocycles. The molecule has 0 spiro atoms. The number of carbonyl (C=O) groups excluding carboxylic acids is 1. The maximum absolute atomic E-state index is 13.6. The minimum Gasteiger partial charge on any atom is -0.276 e. The summed E-state index contributed by atoms with van der Waals surface area (Å²) in [5.74, 6) is -0.449. The third-order valence-corrected chi connectivity index (χ3v) is 8.69. The van der Waals surface area contributed by atoms with E-state index in [1.54, 1.807) is 12.2 Å². The summed E-state index contributed by atoms with van der Waals surface area (Å²) in [5.41, 5.74) is 0.975. The highest BCUT2D eigenvalue weighted by molar-refractivity contribution is 7.93. The van der Waals surface area contributed by atoms with Crippen molar-refractivity contribution in [2.75, 3.05) is 19.0 Å². The fourth-order valence-corrected chi connectivity index (χ4v) is 5.43. The molecule has 2 aliphatic rings. The summed E-state index contributed by atoms with van der Waals surface area (Å²) in [6.45, 7) is 0. The van der Waals surface area contributed by atoms with Gasteiger partial charge in [0.25, 0.3) is 5.91 Å². The molecule has 0 bridgehead atoms. The predicted octanol–water partition coefficient (Wildman–Crippen LogP) is 2.27. The van der Waals surface area contributed by atoms with Crippen LogP contribution in [0.4, 0.5) is 5.69 Å². The van der Waals surface area contributed by atoms with Crippen LogP contribution in [-0.2, 0) is 24.8 Å². The summed E-state index contributed by atoms with van der Waals surface area (Å²) in [6.07, 6.45) is 8.41. The number of thiocarbonyl (C=S) groups is 2. The molecule has 174 valence electrons. The molecule has 0 atom stereocenters. The summed E-state index contributed by atoms with van der Waals surface area (Å²) < 4.78 is 53.0. The van der Waals surface area contributed by atoms with Crippen molar-refractivity contribution in [3.8, 4) is 0 Å². The minimum absolute atomic E-state index is 0.0268. The molecule has 0 aromatic heterocycles. The van der Waals surface area contributed by atoms with Gasteiger partial charge in [-0.3, -0.25) is 9.69 Å². The number of carbonyl (C=O) groups is 1. The zero-order valence-corrected chi connectivity index (χ0v) is 21.0. The number of allylic oxidation sites excluding steroid dienone is 7. The van der Waals surface area contributed by atoms with Gasteiger partial charge >= 0.3 is 0 Å². The van der Waals surface area contributed by atoms with Gasteiger partial charge in [0, 0.05) is 28.3 Å². The molecule has 3 rings (SSSR count). The quantitative estimate of drug-likeness (QED) is 0.527. The highest BCUT2D eigenvalue weighted by Gasteiger charge is 2.31. The number of anilines is 1. The van der Waals surface area contributed by atoms with Gasteiger partial charge in [0.2, 0.25) is 20.0 Å². The van der Waals surface area contributed by atoms with Crippen LogP contribution >= 0.6 is 24.4 Å². The second-order valence-corrected chi connectivity index (χ2v) is 11.8. The number of benzene rings is 1. The van der Waals surface area contributed by atoms with E-state index in [4.69, 9.17) is 24.4 Å². The van der Waals surface area contributed by atoms with Gasteiger partial charge in [0.1, 0.15) is 0 Å². The van der Waals surface area contributed by atoms with Gasteiger partial charge in [-0.1, -0.05) is 36.6 Å². The van der Waals surface area contributed by atoms with Crippen molar-refractivity contribution in [3.05, 3.63) is 70.8 Å². The number of hydrogen-bond acceptors (Lipinski definition) is 7. The summed E-state index contributed by atoms with van der Waals surface area (Å²) in [4.78, 5) is 15.7. The van der Waals surface area contributed by atoms with E-state index >= 15 is 0 Å². The molecule has 12 heteroatoms. The van der Waals surface area contributed by atoms with Crippen molar-refractivity contribution in [3.63, 3.8) is 0 Å². The lowest BCUT2D eigenvalue weighted by Gasteiger charge is -2.29. The Morgan fingerprint density at radius 1 is 0.909 bits per heavy atom. The predicted molar refractivity (Wildman–Crippen MR) is 136 cm³/mol. The molecular weight excluding hydrogens is 503 g/mol. The molecule has 1 amide bonds. The van der Waals surface area contributed by atoms with Crippen molar-refractivity contribution in [1.29, 1.82) is 0 Å². The van der Waals surface area contributed by atoms with Crippen molar-refractivity contribution in [2.24, 2.45) is 0 Å². The van der Waals surface area contributed by atoms with E-state index in [0.29, 0.717) is 28.2 Å². The molecule has 0 radical (unpaired) electrons. The fourth-order valence-electron chi connectivity index (χ4n) is 3.20. The van der Waals surface area contributed by atoms with E-state index in [-0.39, 0.29) is 21.1 Å².